The summed E-state index contributed by atoms with van der Waals surface area (Å²) in [6, 6.07) is 0. The Bertz CT molecular complexity index is 28.0. The summed E-state index contributed by atoms with van der Waals surface area (Å²) in [5, 5.41) is 0. The molecule has 0 aliphatic rings. The summed E-state index contributed by atoms with van der Waals surface area (Å²) in [5.74, 6) is 0. The number of hydrogen-bond acceptors (Lipinski definition) is 3. The summed E-state index contributed by atoms with van der Waals surface area (Å²) >= 11 is 2.53. The SMILES string of the molecule is CSC(C)SO. The normalized spacial score (nSPS) is 14.5. The monoisotopic (exact) mass is 124 g/mol. The summed E-state index contributed by atoms with van der Waals surface area (Å²) in [4.78, 5) is 0. The molecular formula is C3H8OS2. The Labute approximate surface area is 46.7 Å². The molecule has 1 N–H and O–H groups in total. The van der Waals surface area contributed by atoms with Crippen LogP contribution in [-0.2, 0) is 0 Å². The van der Waals surface area contributed by atoms with Crippen LogP contribution in [0.5, 0.6) is 0 Å². The molecule has 0 amide bonds. The molecule has 0 bridgehead atoms. The van der Waals surface area contributed by atoms with E-state index in [-0.39, 0.29) is 0 Å². The molecule has 0 aliphatic heterocycles. The van der Waals surface area contributed by atoms with Gasteiger partial charge < -0.3 is 4.55 Å². The quantitative estimate of drug-likeness (QED) is 0.448. The van der Waals surface area contributed by atoms with Crippen LogP contribution in [0.4, 0.5) is 0 Å². The predicted molar refractivity (Wildman–Crippen MR) is 33.2 cm³/mol. The van der Waals surface area contributed by atoms with Crippen LogP contribution in [0.3, 0.4) is 0 Å². The minimum atomic E-state index is 0.324. The number of rotatable bonds is 2. The van der Waals surface area contributed by atoms with E-state index in [9.17, 15) is 0 Å². The van der Waals surface area contributed by atoms with Crippen molar-refractivity contribution in [2.75, 3.05) is 6.26 Å². The zero-order valence-electron chi connectivity index (χ0n) is 3.84. The van der Waals surface area contributed by atoms with Crippen LogP contribution >= 0.6 is 23.8 Å². The molecule has 6 heavy (non-hydrogen) atoms. The maximum Gasteiger partial charge on any atom is 0.0731 e. The summed E-state index contributed by atoms with van der Waals surface area (Å²) in [6.45, 7) is 1.95. The van der Waals surface area contributed by atoms with Gasteiger partial charge in [0.05, 0.1) is 4.58 Å². The summed E-state index contributed by atoms with van der Waals surface area (Å²) in [5.41, 5.74) is 0. The molecule has 0 aromatic carbocycles. The van der Waals surface area contributed by atoms with Crippen LogP contribution < -0.4 is 0 Å². The maximum absolute atomic E-state index is 8.23. The molecule has 0 saturated heterocycles. The molecule has 0 aromatic heterocycles. The Morgan fingerprint density at radius 3 is 2.17 bits per heavy atom. The highest BCUT2D eigenvalue weighted by Gasteiger charge is 1.92. The number of hydrogen-bond donors (Lipinski definition) is 1. The molecule has 0 heterocycles. The van der Waals surface area contributed by atoms with Crippen LogP contribution in [0, 0.1) is 0 Å². The van der Waals surface area contributed by atoms with E-state index in [4.69, 9.17) is 4.55 Å². The second-order valence-electron chi connectivity index (χ2n) is 0.909. The van der Waals surface area contributed by atoms with Crippen LogP contribution in [-0.4, -0.2) is 15.4 Å². The lowest BCUT2D eigenvalue weighted by Gasteiger charge is -1.96. The summed E-state index contributed by atoms with van der Waals surface area (Å²) in [7, 11) is 0. The van der Waals surface area contributed by atoms with Gasteiger partial charge >= 0.3 is 0 Å². The first-order chi connectivity index (χ1) is 2.81. The molecule has 1 unspecified atom stereocenters. The van der Waals surface area contributed by atoms with Gasteiger partial charge in [0, 0.05) is 12.0 Å². The lowest BCUT2D eigenvalue weighted by atomic mass is 11.0. The fraction of sp³-hybridized carbons (Fsp3) is 1.00. The molecule has 1 nitrogen and oxygen atoms in total. The van der Waals surface area contributed by atoms with E-state index >= 15 is 0 Å². The van der Waals surface area contributed by atoms with Gasteiger partial charge in [0.2, 0.25) is 0 Å². The molecule has 38 valence electrons. The highest BCUT2D eigenvalue weighted by molar-refractivity contribution is 8.14. The van der Waals surface area contributed by atoms with Crippen molar-refractivity contribution in [1.29, 1.82) is 0 Å². The molecule has 1 atom stereocenters. The Morgan fingerprint density at radius 1 is 1.67 bits per heavy atom. The standard InChI is InChI=1S/C3H8OS2/c1-3(5-2)6-4/h3-4H,1-2H3. The first-order valence-corrected chi connectivity index (χ1v) is 3.76. The van der Waals surface area contributed by atoms with Gasteiger partial charge in [-0.25, -0.2) is 0 Å². The maximum atomic E-state index is 8.23. The zero-order valence-corrected chi connectivity index (χ0v) is 5.47. The van der Waals surface area contributed by atoms with Crippen molar-refractivity contribution in [3.8, 4) is 0 Å². The van der Waals surface area contributed by atoms with Gasteiger partial charge in [-0.2, -0.15) is 0 Å². The predicted octanol–water partition coefficient (Wildman–Crippen LogP) is 1.90. The molecule has 0 aromatic rings. The van der Waals surface area contributed by atoms with Gasteiger partial charge in [-0.3, -0.25) is 0 Å². The first kappa shape index (κ1) is 6.66. The van der Waals surface area contributed by atoms with Crippen LogP contribution in [0.1, 0.15) is 6.92 Å². The first-order valence-electron chi connectivity index (χ1n) is 1.64. The minimum absolute atomic E-state index is 0.324. The lowest BCUT2D eigenvalue weighted by molar-refractivity contribution is 0.663. The van der Waals surface area contributed by atoms with Crippen LogP contribution in [0.2, 0.25) is 0 Å². The van der Waals surface area contributed by atoms with Gasteiger partial charge in [-0.1, -0.05) is 0 Å². The Hall–Kier alpha value is 0.660. The molecule has 3 heteroatoms. The number of thioether (sulfide) groups is 1. The molecule has 0 saturated carbocycles. The van der Waals surface area contributed by atoms with Gasteiger partial charge in [-0.15, -0.1) is 11.8 Å². The van der Waals surface area contributed by atoms with E-state index in [1.54, 1.807) is 11.8 Å². The fourth-order valence-electron chi connectivity index (χ4n) is 0.0430. The van der Waals surface area contributed by atoms with Gasteiger partial charge in [0.1, 0.15) is 0 Å². The second kappa shape index (κ2) is 3.84. The largest absolute Gasteiger partial charge is 0.329 e. The Kier molecular flexibility index (Phi) is 4.26. The third-order valence-corrected chi connectivity index (χ3v) is 2.28. The van der Waals surface area contributed by atoms with Gasteiger partial charge in [-0.05, 0) is 13.2 Å². The molecule has 0 rings (SSSR count). The van der Waals surface area contributed by atoms with Crippen molar-refractivity contribution in [3.05, 3.63) is 0 Å². The van der Waals surface area contributed by atoms with Crippen molar-refractivity contribution in [1.82, 2.24) is 0 Å². The summed E-state index contributed by atoms with van der Waals surface area (Å²) in [6.07, 6.45) is 1.97. The fourth-order valence-corrected chi connectivity index (χ4v) is 0.387. The van der Waals surface area contributed by atoms with Crippen molar-refractivity contribution < 1.29 is 4.55 Å². The van der Waals surface area contributed by atoms with Crippen LogP contribution in [0.25, 0.3) is 0 Å². The third kappa shape index (κ3) is 2.87. The van der Waals surface area contributed by atoms with Gasteiger partial charge in [0.15, 0.2) is 0 Å². The third-order valence-electron chi connectivity index (χ3n) is 0.480. The molecule has 0 fully saturated rings. The highest BCUT2D eigenvalue weighted by atomic mass is 32.2. The molecular weight excluding hydrogens is 116 g/mol. The van der Waals surface area contributed by atoms with E-state index in [1.807, 2.05) is 13.2 Å². The average molecular weight is 124 g/mol. The lowest BCUT2D eigenvalue weighted by Crippen LogP contribution is -1.81. The van der Waals surface area contributed by atoms with Crippen molar-refractivity contribution in [2.24, 2.45) is 0 Å². The molecule has 0 aliphatic carbocycles. The van der Waals surface area contributed by atoms with E-state index < -0.39 is 0 Å². The topological polar surface area (TPSA) is 20.2 Å². The van der Waals surface area contributed by atoms with E-state index in [1.165, 1.54) is 0 Å². The zero-order chi connectivity index (χ0) is 4.99. The average Bonchev–Trinajstić information content (AvgIpc) is 1.65. The van der Waals surface area contributed by atoms with Crippen LogP contribution in [0.15, 0.2) is 0 Å². The Morgan fingerprint density at radius 2 is 2.17 bits per heavy atom. The second-order valence-corrected chi connectivity index (χ2v) is 3.30. The highest BCUT2D eigenvalue weighted by Crippen LogP contribution is 2.15. The van der Waals surface area contributed by atoms with Crippen molar-refractivity contribution in [2.45, 2.75) is 11.5 Å². The Balaban J connectivity index is 2.75. The van der Waals surface area contributed by atoms with Crippen molar-refractivity contribution in [3.63, 3.8) is 0 Å². The van der Waals surface area contributed by atoms with E-state index in [0.29, 0.717) is 4.58 Å². The smallest absolute Gasteiger partial charge is 0.0731 e. The summed E-state index contributed by atoms with van der Waals surface area (Å²) < 4.78 is 8.55. The van der Waals surface area contributed by atoms with Crippen molar-refractivity contribution >= 4 is 23.8 Å². The minimum Gasteiger partial charge on any atom is -0.329 e. The van der Waals surface area contributed by atoms with E-state index in [0.717, 1.165) is 12.0 Å². The molecule has 0 spiro atoms. The van der Waals surface area contributed by atoms with Gasteiger partial charge in [0.25, 0.3) is 0 Å². The molecule has 0 radical (unpaired) electrons. The van der Waals surface area contributed by atoms with E-state index in [2.05, 4.69) is 0 Å².